The highest BCUT2D eigenvalue weighted by Crippen LogP contribution is 2.27. The number of aryl methyl sites for hydroxylation is 2. The van der Waals surface area contributed by atoms with Gasteiger partial charge in [-0.05, 0) is 62.6 Å². The second kappa shape index (κ2) is 6.54. The molecule has 1 saturated heterocycles. The first-order valence-corrected chi connectivity index (χ1v) is 8.72. The van der Waals surface area contributed by atoms with Crippen molar-refractivity contribution >= 4 is 23.9 Å². The van der Waals surface area contributed by atoms with Gasteiger partial charge >= 0.3 is 6.03 Å². The molecular weight excluding hydrogens is 342 g/mol. The smallest absolute Gasteiger partial charge is 0.318 e. The number of barbiturate groups is 1. The Morgan fingerprint density at radius 3 is 2.07 bits per heavy atom. The van der Waals surface area contributed by atoms with Crippen molar-refractivity contribution in [1.29, 1.82) is 0 Å². The predicted octanol–water partition coefficient (Wildman–Crippen LogP) is 3.14. The third kappa shape index (κ3) is 2.87. The molecule has 140 valence electrons. The van der Waals surface area contributed by atoms with E-state index in [4.69, 9.17) is 0 Å². The maximum atomic E-state index is 12.5. The quantitative estimate of drug-likeness (QED) is 0.607. The van der Waals surface area contributed by atoms with Gasteiger partial charge < -0.3 is 4.57 Å². The van der Waals surface area contributed by atoms with E-state index < -0.39 is 17.8 Å². The average molecular weight is 365 g/mol. The number of amides is 4. The minimum atomic E-state index is -0.622. The van der Waals surface area contributed by atoms with E-state index in [1.807, 2.05) is 26.0 Å². The maximum Gasteiger partial charge on any atom is 0.333 e. The number of hydrogen-bond acceptors (Lipinski definition) is 3. The Kier molecular flexibility index (Phi) is 4.51. The van der Waals surface area contributed by atoms with Crippen molar-refractivity contribution in [3.05, 3.63) is 57.9 Å². The standard InChI is InChI=1S/C21H23N3O3/c1-12-8-7-9-18(14(12)3)24-13(2)10-16(15(24)4)11-17-19(25)22(5)21(27)23(6)20(17)26/h7-11H,1-6H3. The monoisotopic (exact) mass is 365 g/mol. The Morgan fingerprint density at radius 2 is 1.48 bits per heavy atom. The summed E-state index contributed by atoms with van der Waals surface area (Å²) in [6, 6.07) is 7.45. The second-order valence-corrected chi connectivity index (χ2v) is 6.95. The van der Waals surface area contributed by atoms with Crippen LogP contribution in [0.4, 0.5) is 4.79 Å². The molecule has 0 N–H and O–H groups in total. The molecule has 6 nitrogen and oxygen atoms in total. The number of benzene rings is 1. The van der Waals surface area contributed by atoms with E-state index in [1.165, 1.54) is 25.2 Å². The van der Waals surface area contributed by atoms with Crippen molar-refractivity contribution in [2.24, 2.45) is 0 Å². The number of urea groups is 1. The number of hydrogen-bond donors (Lipinski definition) is 0. The van der Waals surface area contributed by atoms with Gasteiger partial charge in [-0.1, -0.05) is 12.1 Å². The summed E-state index contributed by atoms with van der Waals surface area (Å²) in [4.78, 5) is 38.7. The fourth-order valence-electron chi connectivity index (χ4n) is 3.41. The third-order valence-electron chi connectivity index (χ3n) is 5.23. The van der Waals surface area contributed by atoms with Gasteiger partial charge in [0.2, 0.25) is 0 Å². The van der Waals surface area contributed by atoms with E-state index in [0.717, 1.165) is 32.4 Å². The summed E-state index contributed by atoms with van der Waals surface area (Å²) in [5, 5.41) is 0. The molecule has 0 spiro atoms. The summed E-state index contributed by atoms with van der Waals surface area (Å²) in [6.45, 7) is 8.09. The van der Waals surface area contributed by atoms with Crippen LogP contribution >= 0.6 is 0 Å². The van der Waals surface area contributed by atoms with Gasteiger partial charge in [0.25, 0.3) is 11.8 Å². The van der Waals surface area contributed by atoms with Crippen LogP contribution in [-0.4, -0.2) is 46.3 Å². The number of carbonyl (C=O) groups is 3. The van der Waals surface area contributed by atoms with Crippen molar-refractivity contribution < 1.29 is 14.4 Å². The van der Waals surface area contributed by atoms with Crippen LogP contribution in [0.5, 0.6) is 0 Å². The van der Waals surface area contributed by atoms with Crippen LogP contribution in [0.15, 0.2) is 29.8 Å². The predicted molar refractivity (Wildman–Crippen MR) is 104 cm³/mol. The molecule has 0 bridgehead atoms. The molecule has 2 aromatic rings. The minimum absolute atomic E-state index is 0.0131. The van der Waals surface area contributed by atoms with Crippen LogP contribution in [0.2, 0.25) is 0 Å². The molecular formula is C21H23N3O3. The number of rotatable bonds is 2. The zero-order chi connectivity index (χ0) is 20.0. The summed E-state index contributed by atoms with van der Waals surface area (Å²) >= 11 is 0. The highest BCUT2D eigenvalue weighted by Gasteiger charge is 2.38. The highest BCUT2D eigenvalue weighted by molar-refractivity contribution is 6.30. The van der Waals surface area contributed by atoms with Crippen molar-refractivity contribution in [1.82, 2.24) is 14.4 Å². The summed E-state index contributed by atoms with van der Waals surface area (Å²) in [6.07, 6.45) is 1.58. The molecule has 6 heteroatoms. The first kappa shape index (κ1) is 18.6. The first-order valence-electron chi connectivity index (χ1n) is 8.72. The van der Waals surface area contributed by atoms with Gasteiger partial charge in [0.15, 0.2) is 0 Å². The molecule has 1 aliphatic heterocycles. The van der Waals surface area contributed by atoms with Crippen LogP contribution in [0, 0.1) is 27.7 Å². The molecule has 1 aliphatic rings. The van der Waals surface area contributed by atoms with Crippen molar-refractivity contribution in [3.63, 3.8) is 0 Å². The van der Waals surface area contributed by atoms with Gasteiger partial charge in [0.05, 0.1) is 0 Å². The van der Waals surface area contributed by atoms with Crippen molar-refractivity contribution in [3.8, 4) is 5.69 Å². The molecule has 0 atom stereocenters. The fourth-order valence-corrected chi connectivity index (χ4v) is 3.41. The average Bonchev–Trinajstić information content (AvgIpc) is 2.91. The third-order valence-corrected chi connectivity index (χ3v) is 5.23. The van der Waals surface area contributed by atoms with Gasteiger partial charge in [-0.2, -0.15) is 0 Å². The van der Waals surface area contributed by atoms with Crippen LogP contribution < -0.4 is 0 Å². The molecule has 0 aliphatic carbocycles. The summed E-state index contributed by atoms with van der Waals surface area (Å²) in [7, 11) is 2.75. The van der Waals surface area contributed by atoms with E-state index in [9.17, 15) is 14.4 Å². The summed E-state index contributed by atoms with van der Waals surface area (Å²) < 4.78 is 2.12. The van der Waals surface area contributed by atoms with Crippen LogP contribution in [-0.2, 0) is 9.59 Å². The molecule has 1 aromatic carbocycles. The van der Waals surface area contributed by atoms with Crippen LogP contribution in [0.3, 0.4) is 0 Å². The molecule has 0 unspecified atom stereocenters. The largest absolute Gasteiger partial charge is 0.333 e. The molecule has 0 radical (unpaired) electrons. The molecule has 3 rings (SSSR count). The molecule has 2 heterocycles. The number of aromatic nitrogens is 1. The lowest BCUT2D eigenvalue weighted by Crippen LogP contribution is -2.52. The Morgan fingerprint density at radius 1 is 0.889 bits per heavy atom. The molecule has 1 aromatic heterocycles. The molecule has 1 fully saturated rings. The molecule has 4 amide bonds. The summed E-state index contributed by atoms with van der Waals surface area (Å²) in [5.41, 5.74) is 6.13. The van der Waals surface area contributed by atoms with E-state index in [0.29, 0.717) is 0 Å². The second-order valence-electron chi connectivity index (χ2n) is 6.95. The van der Waals surface area contributed by atoms with Crippen molar-refractivity contribution in [2.45, 2.75) is 27.7 Å². The highest BCUT2D eigenvalue weighted by atomic mass is 16.2. The lowest BCUT2D eigenvalue weighted by molar-refractivity contribution is -0.134. The van der Waals surface area contributed by atoms with Crippen LogP contribution in [0.25, 0.3) is 11.8 Å². The van der Waals surface area contributed by atoms with E-state index in [2.05, 4.69) is 30.5 Å². The summed E-state index contributed by atoms with van der Waals surface area (Å²) in [5.74, 6) is -1.17. The van der Waals surface area contributed by atoms with E-state index >= 15 is 0 Å². The maximum absolute atomic E-state index is 12.5. The SMILES string of the molecule is Cc1cccc(-n2c(C)cc(C=C3C(=O)N(C)C(=O)N(C)C3=O)c2C)c1C. The first-order chi connectivity index (χ1) is 12.6. The number of nitrogens with zero attached hydrogens (tertiary/aromatic N) is 3. The normalized spacial score (nSPS) is 15.0. The zero-order valence-electron chi connectivity index (χ0n) is 16.5. The van der Waals surface area contributed by atoms with Gasteiger partial charge in [-0.3, -0.25) is 19.4 Å². The molecule has 0 saturated carbocycles. The van der Waals surface area contributed by atoms with Gasteiger partial charge in [-0.15, -0.1) is 0 Å². The van der Waals surface area contributed by atoms with Gasteiger partial charge in [0.1, 0.15) is 5.57 Å². The van der Waals surface area contributed by atoms with Crippen molar-refractivity contribution in [2.75, 3.05) is 14.1 Å². The Balaban J connectivity index is 2.14. The Bertz CT molecular complexity index is 988. The topological polar surface area (TPSA) is 62.6 Å². The number of carbonyl (C=O) groups excluding carboxylic acids is 3. The fraction of sp³-hybridized carbons (Fsp3) is 0.286. The minimum Gasteiger partial charge on any atom is -0.318 e. The van der Waals surface area contributed by atoms with Crippen LogP contribution in [0.1, 0.15) is 28.1 Å². The number of imide groups is 2. The van der Waals surface area contributed by atoms with Gasteiger partial charge in [0, 0.05) is 31.2 Å². The van der Waals surface area contributed by atoms with Gasteiger partial charge in [-0.25, -0.2) is 4.79 Å². The van der Waals surface area contributed by atoms with E-state index in [1.54, 1.807) is 6.08 Å². The number of likely N-dealkylation sites (N-methyl/N-ethyl adjacent to an activating group) is 2. The Labute approximate surface area is 158 Å². The zero-order valence-corrected chi connectivity index (χ0v) is 16.5. The Hall–Kier alpha value is -3.15. The lowest BCUT2D eigenvalue weighted by Gasteiger charge is -2.28. The van der Waals surface area contributed by atoms with E-state index in [-0.39, 0.29) is 5.57 Å². The lowest BCUT2D eigenvalue weighted by atomic mass is 10.1. The molecule has 27 heavy (non-hydrogen) atoms.